The van der Waals surface area contributed by atoms with Crippen LogP contribution in [0.3, 0.4) is 0 Å². The fraction of sp³-hybridized carbons (Fsp3) is 0.600. The Hall–Kier alpha value is -1.04. The molecule has 1 aromatic carbocycles. The minimum Gasteiger partial charge on any atom is -0.376 e. The van der Waals surface area contributed by atoms with E-state index in [0.29, 0.717) is 0 Å². The van der Waals surface area contributed by atoms with Gasteiger partial charge in [-0.25, -0.2) is 14.2 Å². The standard InChI is InChI=1S/C15H22F2N2O/c1-20-15(9-4-2-3-5-10-15)14(19-18)13-11(16)7-6-8-12(13)17/h6-8,14,19H,2-5,9-10,18H2,1H3. The monoisotopic (exact) mass is 284 g/mol. The number of nitrogens with two attached hydrogens (primary N) is 1. The van der Waals surface area contributed by atoms with Crippen molar-refractivity contribution in [2.45, 2.75) is 50.2 Å². The Kier molecular flexibility index (Phi) is 5.07. The van der Waals surface area contributed by atoms with E-state index in [-0.39, 0.29) is 5.56 Å². The number of rotatable bonds is 4. The van der Waals surface area contributed by atoms with Crippen LogP contribution in [0.15, 0.2) is 18.2 Å². The number of methoxy groups -OCH3 is 1. The minimum atomic E-state index is -0.688. The van der Waals surface area contributed by atoms with Gasteiger partial charge in [0.2, 0.25) is 0 Å². The highest BCUT2D eigenvalue weighted by molar-refractivity contribution is 5.26. The Morgan fingerprint density at radius 1 is 1.15 bits per heavy atom. The molecule has 2 rings (SSSR count). The summed E-state index contributed by atoms with van der Waals surface area (Å²) in [7, 11) is 1.59. The van der Waals surface area contributed by atoms with Crippen LogP contribution in [0.4, 0.5) is 8.78 Å². The van der Waals surface area contributed by atoms with E-state index < -0.39 is 23.3 Å². The Balaban J connectivity index is 2.43. The highest BCUT2D eigenvalue weighted by Crippen LogP contribution is 2.41. The van der Waals surface area contributed by atoms with Gasteiger partial charge in [-0.2, -0.15) is 0 Å². The van der Waals surface area contributed by atoms with Gasteiger partial charge in [0.25, 0.3) is 0 Å². The molecule has 0 heterocycles. The van der Waals surface area contributed by atoms with Gasteiger partial charge in [0.05, 0.1) is 11.6 Å². The van der Waals surface area contributed by atoms with E-state index in [1.165, 1.54) is 18.2 Å². The number of ether oxygens (including phenoxy) is 1. The molecule has 0 radical (unpaired) electrons. The first-order valence-corrected chi connectivity index (χ1v) is 7.10. The van der Waals surface area contributed by atoms with Crippen LogP contribution in [-0.4, -0.2) is 12.7 Å². The zero-order valence-electron chi connectivity index (χ0n) is 11.8. The van der Waals surface area contributed by atoms with Crippen LogP contribution in [0.1, 0.15) is 50.1 Å². The molecule has 1 aliphatic rings. The predicted molar refractivity (Wildman–Crippen MR) is 73.9 cm³/mol. The number of hydrazine groups is 1. The van der Waals surface area contributed by atoms with Crippen molar-refractivity contribution in [2.75, 3.05) is 7.11 Å². The molecule has 0 amide bonds. The van der Waals surface area contributed by atoms with Crippen molar-refractivity contribution in [1.82, 2.24) is 5.43 Å². The number of benzene rings is 1. The molecule has 112 valence electrons. The van der Waals surface area contributed by atoms with E-state index in [9.17, 15) is 8.78 Å². The molecule has 1 aromatic rings. The lowest BCUT2D eigenvalue weighted by Gasteiger charge is -2.39. The van der Waals surface area contributed by atoms with Crippen LogP contribution >= 0.6 is 0 Å². The molecule has 1 aliphatic carbocycles. The minimum absolute atomic E-state index is 0.0289. The molecule has 1 unspecified atom stereocenters. The van der Waals surface area contributed by atoms with Crippen LogP contribution in [0.25, 0.3) is 0 Å². The maximum absolute atomic E-state index is 14.1. The molecule has 1 fully saturated rings. The zero-order valence-corrected chi connectivity index (χ0v) is 11.8. The highest BCUT2D eigenvalue weighted by atomic mass is 19.1. The van der Waals surface area contributed by atoms with Gasteiger partial charge < -0.3 is 4.74 Å². The fourth-order valence-corrected chi connectivity index (χ4v) is 3.22. The van der Waals surface area contributed by atoms with Crippen molar-refractivity contribution in [3.63, 3.8) is 0 Å². The van der Waals surface area contributed by atoms with Gasteiger partial charge in [-0.15, -0.1) is 0 Å². The third kappa shape index (κ3) is 2.85. The lowest BCUT2D eigenvalue weighted by Crippen LogP contribution is -2.48. The van der Waals surface area contributed by atoms with Gasteiger partial charge in [-0.05, 0) is 25.0 Å². The molecular formula is C15H22F2N2O. The summed E-state index contributed by atoms with van der Waals surface area (Å²) in [6, 6.07) is 3.17. The normalized spacial score (nSPS) is 20.4. The lowest BCUT2D eigenvalue weighted by atomic mass is 9.82. The zero-order chi connectivity index (χ0) is 14.6. The number of hydrogen-bond donors (Lipinski definition) is 2. The van der Waals surface area contributed by atoms with Gasteiger partial charge in [0, 0.05) is 12.7 Å². The van der Waals surface area contributed by atoms with E-state index in [1.54, 1.807) is 7.11 Å². The van der Waals surface area contributed by atoms with Crippen LogP contribution in [-0.2, 0) is 4.74 Å². The second-order valence-electron chi connectivity index (χ2n) is 5.42. The topological polar surface area (TPSA) is 47.3 Å². The van der Waals surface area contributed by atoms with E-state index in [1.807, 2.05) is 0 Å². The van der Waals surface area contributed by atoms with Crippen molar-refractivity contribution in [1.29, 1.82) is 0 Å². The third-order valence-electron chi connectivity index (χ3n) is 4.34. The molecule has 0 aliphatic heterocycles. The van der Waals surface area contributed by atoms with E-state index in [4.69, 9.17) is 10.6 Å². The van der Waals surface area contributed by atoms with Crippen LogP contribution in [0.2, 0.25) is 0 Å². The largest absolute Gasteiger partial charge is 0.376 e. The average Bonchev–Trinajstić information content (AvgIpc) is 2.69. The van der Waals surface area contributed by atoms with Gasteiger partial charge in [0.15, 0.2) is 0 Å². The van der Waals surface area contributed by atoms with E-state index >= 15 is 0 Å². The van der Waals surface area contributed by atoms with Gasteiger partial charge in [0.1, 0.15) is 11.6 Å². The Labute approximate surface area is 118 Å². The van der Waals surface area contributed by atoms with Crippen molar-refractivity contribution in [3.8, 4) is 0 Å². The van der Waals surface area contributed by atoms with E-state index in [0.717, 1.165) is 38.5 Å². The first-order valence-electron chi connectivity index (χ1n) is 7.10. The SMILES string of the molecule is COC1(C(NN)c2c(F)cccc2F)CCCCCC1. The summed E-state index contributed by atoms with van der Waals surface area (Å²) in [6.07, 6.45) is 5.66. The molecule has 1 atom stereocenters. The summed E-state index contributed by atoms with van der Waals surface area (Å²) in [6.45, 7) is 0. The predicted octanol–water partition coefficient (Wildman–Crippen LogP) is 3.21. The fourth-order valence-electron chi connectivity index (χ4n) is 3.22. The maximum atomic E-state index is 14.1. The molecule has 0 saturated heterocycles. The first kappa shape index (κ1) is 15.4. The van der Waals surface area contributed by atoms with Crippen LogP contribution < -0.4 is 11.3 Å². The van der Waals surface area contributed by atoms with Gasteiger partial charge in [-0.1, -0.05) is 31.7 Å². The summed E-state index contributed by atoms with van der Waals surface area (Å²) in [5, 5.41) is 0. The second-order valence-corrected chi connectivity index (χ2v) is 5.42. The quantitative estimate of drug-likeness (QED) is 0.507. The molecule has 0 aromatic heterocycles. The van der Waals surface area contributed by atoms with Gasteiger partial charge >= 0.3 is 0 Å². The molecule has 3 N–H and O–H groups in total. The average molecular weight is 284 g/mol. The summed E-state index contributed by atoms with van der Waals surface area (Å²) < 4.78 is 33.8. The number of hydrogen-bond acceptors (Lipinski definition) is 3. The third-order valence-corrected chi connectivity index (χ3v) is 4.34. The van der Waals surface area contributed by atoms with E-state index in [2.05, 4.69) is 5.43 Å². The molecule has 20 heavy (non-hydrogen) atoms. The number of halogens is 2. The van der Waals surface area contributed by atoms with Crippen LogP contribution in [0, 0.1) is 11.6 Å². The Morgan fingerprint density at radius 2 is 1.70 bits per heavy atom. The smallest absolute Gasteiger partial charge is 0.131 e. The van der Waals surface area contributed by atoms with Crippen molar-refractivity contribution in [3.05, 3.63) is 35.4 Å². The molecule has 1 saturated carbocycles. The summed E-state index contributed by atoms with van der Waals surface area (Å²) >= 11 is 0. The number of nitrogens with one attached hydrogen (secondary N) is 1. The second kappa shape index (κ2) is 6.61. The Bertz CT molecular complexity index is 425. The summed E-state index contributed by atoms with van der Waals surface area (Å²) in [4.78, 5) is 0. The molecule has 0 bridgehead atoms. The molecule has 0 spiro atoms. The summed E-state index contributed by atoms with van der Waals surface area (Å²) in [5.74, 6) is 4.44. The molecule has 3 nitrogen and oxygen atoms in total. The van der Waals surface area contributed by atoms with Gasteiger partial charge in [-0.3, -0.25) is 5.84 Å². The first-order chi connectivity index (χ1) is 9.64. The molecular weight excluding hydrogens is 262 g/mol. The van der Waals surface area contributed by atoms with Crippen LogP contribution in [0.5, 0.6) is 0 Å². The highest BCUT2D eigenvalue weighted by Gasteiger charge is 2.42. The summed E-state index contributed by atoms with van der Waals surface area (Å²) in [5.41, 5.74) is 1.90. The van der Waals surface area contributed by atoms with Crippen molar-refractivity contribution in [2.24, 2.45) is 5.84 Å². The van der Waals surface area contributed by atoms with Crippen molar-refractivity contribution >= 4 is 0 Å². The maximum Gasteiger partial charge on any atom is 0.131 e. The van der Waals surface area contributed by atoms with Crippen molar-refractivity contribution < 1.29 is 13.5 Å². The molecule has 5 heteroatoms. The Morgan fingerprint density at radius 3 is 2.15 bits per heavy atom. The lowest BCUT2D eigenvalue weighted by molar-refractivity contribution is -0.0557.